The van der Waals surface area contributed by atoms with Gasteiger partial charge >= 0.3 is 11.9 Å². The summed E-state index contributed by atoms with van der Waals surface area (Å²) < 4.78 is 11.0. The molecule has 8 nitrogen and oxygen atoms in total. The number of carbonyl (C=O) groups excluding carboxylic acids is 3. The average molecular weight is 640 g/mol. The van der Waals surface area contributed by atoms with Crippen molar-refractivity contribution in [2.75, 3.05) is 13.2 Å². The van der Waals surface area contributed by atoms with Crippen LogP contribution < -0.4 is 5.32 Å². The number of hydrogen-bond acceptors (Lipinski definition) is 7. The molecule has 0 saturated carbocycles. The number of ether oxygens (including phenoxy) is 2. The summed E-state index contributed by atoms with van der Waals surface area (Å²) in [6, 6.07) is -0.769. The van der Waals surface area contributed by atoms with E-state index in [1.54, 1.807) is 6.08 Å². The van der Waals surface area contributed by atoms with Gasteiger partial charge in [0, 0.05) is 19.4 Å². The highest BCUT2D eigenvalue weighted by Gasteiger charge is 2.30. The van der Waals surface area contributed by atoms with Crippen LogP contribution in [0.3, 0.4) is 0 Å². The molecular formula is C37H69NO7. The highest BCUT2D eigenvalue weighted by Crippen LogP contribution is 2.25. The smallest absolute Gasteiger partial charge is 0.306 e. The van der Waals surface area contributed by atoms with Gasteiger partial charge in [0.05, 0.1) is 25.0 Å². The van der Waals surface area contributed by atoms with E-state index in [1.807, 2.05) is 19.9 Å². The standard InChI is InChI=1S/C37H69NO7/c1-5-9-11-13-14-15-16-17-18-19-20-22-23-25-33(40)32(38-34(41)26-24-21-12-10-6-2)31-44-35(42)27-28-36(43)45-37(7-3,8-4)29-30-39/h23,25,32-33,39-40H,5-22,24,26-31H2,1-4H3,(H,38,41)/b25-23+. The minimum Gasteiger partial charge on any atom is -0.463 e. The lowest BCUT2D eigenvalue weighted by atomic mass is 9.93. The minimum absolute atomic E-state index is 0.0844. The molecule has 45 heavy (non-hydrogen) atoms. The van der Waals surface area contributed by atoms with Crippen molar-refractivity contribution in [2.45, 2.75) is 193 Å². The van der Waals surface area contributed by atoms with Crippen LogP contribution in [0.5, 0.6) is 0 Å². The van der Waals surface area contributed by atoms with E-state index >= 15 is 0 Å². The Morgan fingerprint density at radius 3 is 1.76 bits per heavy atom. The molecule has 0 aliphatic rings. The van der Waals surface area contributed by atoms with E-state index in [0.717, 1.165) is 51.4 Å². The van der Waals surface area contributed by atoms with Crippen molar-refractivity contribution < 1.29 is 34.1 Å². The second-order valence-electron chi connectivity index (χ2n) is 12.6. The van der Waals surface area contributed by atoms with Crippen LogP contribution in [-0.4, -0.2) is 59.0 Å². The van der Waals surface area contributed by atoms with Crippen molar-refractivity contribution in [1.29, 1.82) is 0 Å². The van der Waals surface area contributed by atoms with E-state index in [4.69, 9.17) is 9.47 Å². The Labute approximate surface area is 275 Å². The van der Waals surface area contributed by atoms with Gasteiger partial charge < -0.3 is 25.0 Å². The summed E-state index contributed by atoms with van der Waals surface area (Å²) in [5, 5.41) is 23.0. The molecule has 2 atom stereocenters. The number of carbonyl (C=O) groups is 3. The van der Waals surface area contributed by atoms with Gasteiger partial charge in [0.2, 0.25) is 5.91 Å². The van der Waals surface area contributed by atoms with Crippen LogP contribution >= 0.6 is 0 Å². The molecule has 0 radical (unpaired) electrons. The molecule has 2 unspecified atom stereocenters. The molecule has 0 aliphatic carbocycles. The molecule has 0 saturated heterocycles. The van der Waals surface area contributed by atoms with Crippen LogP contribution in [-0.2, 0) is 23.9 Å². The lowest BCUT2D eigenvalue weighted by Gasteiger charge is -2.31. The van der Waals surface area contributed by atoms with Crippen molar-refractivity contribution in [2.24, 2.45) is 0 Å². The zero-order chi connectivity index (χ0) is 33.6. The number of esters is 2. The quantitative estimate of drug-likeness (QED) is 0.0396. The molecule has 0 spiro atoms. The molecule has 0 aliphatic heterocycles. The van der Waals surface area contributed by atoms with Crippen molar-refractivity contribution in [3.63, 3.8) is 0 Å². The fraction of sp³-hybridized carbons (Fsp3) is 0.865. The topological polar surface area (TPSA) is 122 Å². The number of allylic oxidation sites excluding steroid dienone is 1. The number of hydrogen-bond donors (Lipinski definition) is 3. The molecule has 3 N–H and O–H groups in total. The molecule has 264 valence electrons. The van der Waals surface area contributed by atoms with E-state index in [0.29, 0.717) is 25.7 Å². The van der Waals surface area contributed by atoms with Crippen LogP contribution in [0, 0.1) is 0 Å². The largest absolute Gasteiger partial charge is 0.463 e. The predicted octanol–water partition coefficient (Wildman–Crippen LogP) is 8.26. The highest BCUT2D eigenvalue weighted by atomic mass is 16.6. The molecule has 1 amide bonds. The molecule has 0 aromatic rings. The van der Waals surface area contributed by atoms with Gasteiger partial charge in [-0.3, -0.25) is 14.4 Å². The number of nitrogens with one attached hydrogen (secondary N) is 1. The molecule has 8 heteroatoms. The summed E-state index contributed by atoms with van der Waals surface area (Å²) in [6.07, 6.45) is 24.2. The Hall–Kier alpha value is -1.93. The molecule has 0 fully saturated rings. The van der Waals surface area contributed by atoms with E-state index in [9.17, 15) is 24.6 Å². The number of aliphatic hydroxyl groups excluding tert-OH is 2. The van der Waals surface area contributed by atoms with E-state index in [-0.39, 0.29) is 32.0 Å². The monoisotopic (exact) mass is 640 g/mol. The molecule has 0 aromatic heterocycles. The number of unbranched alkanes of at least 4 members (excludes halogenated alkanes) is 15. The van der Waals surface area contributed by atoms with E-state index < -0.39 is 29.7 Å². The fourth-order valence-electron chi connectivity index (χ4n) is 5.44. The first kappa shape index (κ1) is 43.1. The Morgan fingerprint density at radius 2 is 1.22 bits per heavy atom. The highest BCUT2D eigenvalue weighted by molar-refractivity contribution is 5.78. The van der Waals surface area contributed by atoms with Gasteiger partial charge in [-0.1, -0.05) is 130 Å². The first-order chi connectivity index (χ1) is 21.8. The molecule has 0 bridgehead atoms. The summed E-state index contributed by atoms with van der Waals surface area (Å²) in [6.45, 7) is 7.93. The van der Waals surface area contributed by atoms with Crippen molar-refractivity contribution in [3.05, 3.63) is 12.2 Å². The van der Waals surface area contributed by atoms with Crippen LogP contribution in [0.25, 0.3) is 0 Å². The Morgan fingerprint density at radius 1 is 0.711 bits per heavy atom. The Balaban J connectivity index is 4.70. The first-order valence-corrected chi connectivity index (χ1v) is 18.4. The predicted molar refractivity (Wildman–Crippen MR) is 183 cm³/mol. The SMILES string of the molecule is CCCCCCCCCCCCC/C=C/C(O)C(COC(=O)CCC(=O)OC(CC)(CC)CCO)NC(=O)CCCCCCC. The second kappa shape index (κ2) is 29.5. The fourth-order valence-corrected chi connectivity index (χ4v) is 5.44. The molecular weight excluding hydrogens is 570 g/mol. The van der Waals surface area contributed by atoms with Crippen molar-refractivity contribution in [1.82, 2.24) is 5.32 Å². The molecule has 0 aromatic carbocycles. The minimum atomic E-state index is -0.993. The van der Waals surface area contributed by atoms with E-state index in [1.165, 1.54) is 57.8 Å². The lowest BCUT2D eigenvalue weighted by Crippen LogP contribution is -2.46. The lowest BCUT2D eigenvalue weighted by molar-refractivity contribution is -0.164. The van der Waals surface area contributed by atoms with Crippen LogP contribution in [0.1, 0.15) is 175 Å². The van der Waals surface area contributed by atoms with Gasteiger partial charge in [-0.15, -0.1) is 0 Å². The van der Waals surface area contributed by atoms with Gasteiger partial charge in [-0.25, -0.2) is 0 Å². The third-order valence-electron chi connectivity index (χ3n) is 8.72. The maximum Gasteiger partial charge on any atom is 0.306 e. The third kappa shape index (κ3) is 24.0. The van der Waals surface area contributed by atoms with Gasteiger partial charge in [-0.05, 0) is 32.1 Å². The summed E-state index contributed by atoms with van der Waals surface area (Å²) in [4.78, 5) is 37.5. The zero-order valence-corrected chi connectivity index (χ0v) is 29.4. The third-order valence-corrected chi connectivity index (χ3v) is 8.72. The van der Waals surface area contributed by atoms with Crippen LogP contribution in [0.2, 0.25) is 0 Å². The van der Waals surface area contributed by atoms with Crippen LogP contribution in [0.15, 0.2) is 12.2 Å². The average Bonchev–Trinajstić information content (AvgIpc) is 3.03. The maximum atomic E-state index is 12.6. The van der Waals surface area contributed by atoms with Gasteiger partial charge in [-0.2, -0.15) is 0 Å². The first-order valence-electron chi connectivity index (χ1n) is 18.4. The summed E-state index contributed by atoms with van der Waals surface area (Å²) in [5.74, 6) is -1.28. The zero-order valence-electron chi connectivity index (χ0n) is 29.4. The van der Waals surface area contributed by atoms with Crippen LogP contribution in [0.4, 0.5) is 0 Å². The summed E-state index contributed by atoms with van der Waals surface area (Å²) >= 11 is 0. The Kier molecular flexibility index (Phi) is 28.2. The normalized spacial score (nSPS) is 13.1. The summed E-state index contributed by atoms with van der Waals surface area (Å²) in [7, 11) is 0. The maximum absolute atomic E-state index is 12.6. The van der Waals surface area contributed by atoms with Gasteiger partial charge in [0.1, 0.15) is 12.2 Å². The number of rotatable bonds is 31. The number of amides is 1. The number of aliphatic hydroxyl groups is 2. The van der Waals surface area contributed by atoms with Gasteiger partial charge in [0.25, 0.3) is 0 Å². The van der Waals surface area contributed by atoms with Gasteiger partial charge in [0.15, 0.2) is 0 Å². The van der Waals surface area contributed by atoms with Crippen molar-refractivity contribution >= 4 is 17.8 Å². The second-order valence-corrected chi connectivity index (χ2v) is 12.6. The van der Waals surface area contributed by atoms with Crippen molar-refractivity contribution in [3.8, 4) is 0 Å². The molecule has 0 heterocycles. The van der Waals surface area contributed by atoms with E-state index in [2.05, 4.69) is 19.2 Å². The molecule has 0 rings (SSSR count). The summed E-state index contributed by atoms with van der Waals surface area (Å²) in [5.41, 5.74) is -0.731. The Bertz CT molecular complexity index is 766.